The van der Waals surface area contributed by atoms with Gasteiger partial charge in [0.1, 0.15) is 10.7 Å². The Morgan fingerprint density at radius 3 is 2.48 bits per heavy atom. The fourth-order valence-electron chi connectivity index (χ4n) is 1.81. The van der Waals surface area contributed by atoms with E-state index < -0.39 is 27.6 Å². The van der Waals surface area contributed by atoms with Crippen LogP contribution in [-0.4, -0.2) is 20.1 Å². The molecule has 0 spiro atoms. The summed E-state index contributed by atoms with van der Waals surface area (Å²) < 4.78 is 39.7. The predicted molar refractivity (Wildman–Crippen MR) is 77.4 cm³/mol. The molecule has 0 aliphatic carbocycles. The van der Waals surface area contributed by atoms with E-state index in [1.165, 1.54) is 12.1 Å². The number of rotatable bonds is 5. The zero-order valence-electron chi connectivity index (χ0n) is 11.0. The number of hydrogen-bond acceptors (Lipinski definition) is 4. The molecule has 5 nitrogen and oxygen atoms in total. The number of nitrogens with one attached hydrogen (secondary N) is 1. The van der Waals surface area contributed by atoms with E-state index in [-0.39, 0.29) is 11.4 Å². The third-order valence-electron chi connectivity index (χ3n) is 2.95. The van der Waals surface area contributed by atoms with Crippen molar-refractivity contribution < 1.29 is 17.9 Å². The highest BCUT2D eigenvalue weighted by molar-refractivity contribution is 7.89. The van der Waals surface area contributed by atoms with Gasteiger partial charge in [0.05, 0.1) is 11.8 Å². The molecule has 0 aliphatic rings. The van der Waals surface area contributed by atoms with Crippen LogP contribution in [0.3, 0.4) is 0 Å². The van der Waals surface area contributed by atoms with E-state index in [0.717, 1.165) is 6.07 Å². The van der Waals surface area contributed by atoms with Gasteiger partial charge in [-0.25, -0.2) is 17.5 Å². The molecule has 1 atom stereocenters. The van der Waals surface area contributed by atoms with E-state index in [4.69, 9.17) is 5.73 Å². The molecule has 1 unspecified atom stereocenters. The number of nitrogen functional groups attached to an aromatic ring is 1. The monoisotopic (exact) mass is 310 g/mol. The van der Waals surface area contributed by atoms with Crippen molar-refractivity contribution in [1.29, 1.82) is 0 Å². The number of halogens is 1. The first-order chi connectivity index (χ1) is 9.92. The lowest BCUT2D eigenvalue weighted by molar-refractivity contribution is 0.182. The average molecular weight is 310 g/mol. The van der Waals surface area contributed by atoms with Gasteiger partial charge in [-0.2, -0.15) is 0 Å². The number of nitrogens with two attached hydrogens (primary N) is 1. The van der Waals surface area contributed by atoms with Crippen molar-refractivity contribution in [2.45, 2.75) is 11.0 Å². The van der Waals surface area contributed by atoms with E-state index in [9.17, 15) is 17.9 Å². The second-order valence-electron chi connectivity index (χ2n) is 4.43. The molecule has 0 saturated heterocycles. The van der Waals surface area contributed by atoms with Crippen molar-refractivity contribution >= 4 is 15.7 Å². The lowest BCUT2D eigenvalue weighted by Gasteiger charge is -2.13. The van der Waals surface area contributed by atoms with Crippen LogP contribution in [0.1, 0.15) is 11.7 Å². The van der Waals surface area contributed by atoms with Crippen LogP contribution in [0.4, 0.5) is 10.1 Å². The van der Waals surface area contributed by atoms with Gasteiger partial charge in [0.25, 0.3) is 0 Å². The maximum absolute atomic E-state index is 13.3. The van der Waals surface area contributed by atoms with E-state index in [1.807, 2.05) is 0 Å². The first-order valence-corrected chi connectivity index (χ1v) is 7.67. The molecule has 0 saturated carbocycles. The highest BCUT2D eigenvalue weighted by Gasteiger charge is 2.20. The maximum atomic E-state index is 13.3. The number of hydrogen-bond donors (Lipinski definition) is 3. The molecule has 0 radical (unpaired) electrons. The van der Waals surface area contributed by atoms with Crippen molar-refractivity contribution in [3.8, 4) is 0 Å². The van der Waals surface area contributed by atoms with Crippen molar-refractivity contribution in [3.05, 3.63) is 59.9 Å². The average Bonchev–Trinajstić information content (AvgIpc) is 2.48. The molecule has 112 valence electrons. The lowest BCUT2D eigenvalue weighted by Crippen LogP contribution is -2.29. The Morgan fingerprint density at radius 1 is 1.14 bits per heavy atom. The summed E-state index contributed by atoms with van der Waals surface area (Å²) in [5.41, 5.74) is 5.56. The van der Waals surface area contributed by atoms with E-state index >= 15 is 0 Å². The minimum absolute atomic E-state index is 0.234. The summed E-state index contributed by atoms with van der Waals surface area (Å²) >= 11 is 0. The van der Waals surface area contributed by atoms with Crippen LogP contribution in [0.25, 0.3) is 0 Å². The third kappa shape index (κ3) is 3.57. The first-order valence-electron chi connectivity index (χ1n) is 6.18. The number of sulfonamides is 1. The zero-order valence-corrected chi connectivity index (χ0v) is 11.8. The van der Waals surface area contributed by atoms with Gasteiger partial charge in [-0.3, -0.25) is 0 Å². The van der Waals surface area contributed by atoms with Gasteiger partial charge in [-0.05, 0) is 17.7 Å². The van der Waals surface area contributed by atoms with Crippen molar-refractivity contribution in [1.82, 2.24) is 4.72 Å². The summed E-state index contributed by atoms with van der Waals surface area (Å²) in [6, 6.07) is 12.1. The van der Waals surface area contributed by atoms with Gasteiger partial charge < -0.3 is 10.8 Å². The van der Waals surface area contributed by atoms with Gasteiger partial charge in [0, 0.05) is 6.54 Å². The van der Waals surface area contributed by atoms with Crippen LogP contribution in [0.15, 0.2) is 53.4 Å². The summed E-state index contributed by atoms with van der Waals surface area (Å²) in [6.07, 6.45) is -1.00. The normalized spacial score (nSPS) is 13.0. The molecule has 0 aromatic heterocycles. The Balaban J connectivity index is 2.14. The molecule has 0 amide bonds. The lowest BCUT2D eigenvalue weighted by atomic mass is 10.1. The van der Waals surface area contributed by atoms with Gasteiger partial charge >= 0.3 is 0 Å². The molecule has 0 bridgehead atoms. The Kier molecular flexibility index (Phi) is 4.56. The largest absolute Gasteiger partial charge is 0.395 e. The zero-order chi connectivity index (χ0) is 15.5. The van der Waals surface area contributed by atoms with Crippen LogP contribution in [0, 0.1) is 5.82 Å². The number of benzene rings is 2. The van der Waals surface area contributed by atoms with Crippen LogP contribution < -0.4 is 10.5 Å². The summed E-state index contributed by atoms with van der Waals surface area (Å²) in [4.78, 5) is -0.345. The molecule has 0 heterocycles. The van der Waals surface area contributed by atoms with Crippen molar-refractivity contribution in [2.24, 2.45) is 0 Å². The highest BCUT2D eigenvalue weighted by Crippen LogP contribution is 2.21. The minimum atomic E-state index is -3.99. The molecule has 2 aromatic rings. The first kappa shape index (κ1) is 15.4. The van der Waals surface area contributed by atoms with E-state index in [1.54, 1.807) is 30.3 Å². The molecule has 2 rings (SSSR count). The third-order valence-corrected chi connectivity index (χ3v) is 4.44. The number of anilines is 1. The quantitative estimate of drug-likeness (QED) is 0.728. The molecule has 4 N–H and O–H groups in total. The van der Waals surface area contributed by atoms with Crippen LogP contribution in [-0.2, 0) is 10.0 Å². The summed E-state index contributed by atoms with van der Waals surface area (Å²) in [5, 5.41) is 9.92. The molecule has 21 heavy (non-hydrogen) atoms. The maximum Gasteiger partial charge on any atom is 0.242 e. The topological polar surface area (TPSA) is 92.4 Å². The van der Waals surface area contributed by atoms with Gasteiger partial charge in [-0.1, -0.05) is 36.4 Å². The fraction of sp³-hybridized carbons (Fsp3) is 0.143. The number of aliphatic hydroxyl groups excluding tert-OH is 1. The van der Waals surface area contributed by atoms with Crippen LogP contribution in [0.5, 0.6) is 0 Å². The fourth-order valence-corrected chi connectivity index (χ4v) is 2.99. The standard InChI is InChI=1S/C14H15FN2O3S/c15-11-7-4-8-13(14(11)16)21(19,20)17-9-12(18)10-5-2-1-3-6-10/h1-8,12,17-18H,9,16H2. The Bertz CT molecular complexity index is 720. The summed E-state index contributed by atoms with van der Waals surface area (Å²) in [5.74, 6) is -0.804. The molecular formula is C14H15FN2O3S. The predicted octanol–water partition coefficient (Wildman–Crippen LogP) is 1.42. The number of para-hydroxylation sites is 1. The van der Waals surface area contributed by atoms with E-state index in [0.29, 0.717) is 5.56 Å². The van der Waals surface area contributed by atoms with Gasteiger partial charge in [0.15, 0.2) is 0 Å². The molecule has 2 aromatic carbocycles. The van der Waals surface area contributed by atoms with Gasteiger partial charge in [-0.15, -0.1) is 0 Å². The Hall–Kier alpha value is -1.96. The van der Waals surface area contributed by atoms with Crippen molar-refractivity contribution in [2.75, 3.05) is 12.3 Å². The van der Waals surface area contributed by atoms with E-state index in [2.05, 4.69) is 4.72 Å². The highest BCUT2D eigenvalue weighted by atomic mass is 32.2. The Labute approximate surface area is 122 Å². The smallest absolute Gasteiger partial charge is 0.242 e. The molecular weight excluding hydrogens is 295 g/mol. The second kappa shape index (κ2) is 6.21. The van der Waals surface area contributed by atoms with Crippen molar-refractivity contribution in [3.63, 3.8) is 0 Å². The number of aliphatic hydroxyl groups is 1. The Morgan fingerprint density at radius 2 is 1.81 bits per heavy atom. The minimum Gasteiger partial charge on any atom is -0.395 e. The molecule has 0 aliphatic heterocycles. The SMILES string of the molecule is Nc1c(F)cccc1S(=O)(=O)NCC(O)c1ccccc1. The molecule has 7 heteroatoms. The summed E-state index contributed by atoms with van der Waals surface area (Å²) in [6.45, 7) is -0.234. The molecule has 0 fully saturated rings. The van der Waals surface area contributed by atoms with Crippen LogP contribution >= 0.6 is 0 Å². The second-order valence-corrected chi connectivity index (χ2v) is 6.17. The summed E-state index contributed by atoms with van der Waals surface area (Å²) in [7, 11) is -3.99. The van der Waals surface area contributed by atoms with Crippen LogP contribution in [0.2, 0.25) is 0 Å². The van der Waals surface area contributed by atoms with Gasteiger partial charge in [0.2, 0.25) is 10.0 Å².